The molecule has 1 amide bonds. The normalized spacial score (nSPS) is 11.1. The number of hydrogen-bond donors (Lipinski definition) is 2. The van der Waals surface area contributed by atoms with E-state index in [0.29, 0.717) is 6.54 Å². The number of halogens is 3. The Morgan fingerprint density at radius 3 is 2.56 bits per heavy atom. The average Bonchev–Trinajstić information content (AvgIpc) is 2.28. The lowest BCUT2D eigenvalue weighted by Gasteiger charge is -2.14. The maximum absolute atomic E-state index is 12.6. The van der Waals surface area contributed by atoms with Crippen molar-refractivity contribution >= 4 is 11.6 Å². The van der Waals surface area contributed by atoms with E-state index in [4.69, 9.17) is 0 Å². The zero-order chi connectivity index (χ0) is 13.6. The van der Waals surface area contributed by atoms with Gasteiger partial charge in [0, 0.05) is 25.2 Å². The van der Waals surface area contributed by atoms with Crippen LogP contribution in [0.3, 0.4) is 0 Å². The van der Waals surface area contributed by atoms with E-state index in [0.717, 1.165) is 6.07 Å². The molecular formula is C12H15F3N2O. The second-order valence-electron chi connectivity index (χ2n) is 3.67. The van der Waals surface area contributed by atoms with E-state index in [9.17, 15) is 18.0 Å². The lowest BCUT2D eigenvalue weighted by atomic mass is 10.1. The van der Waals surface area contributed by atoms with E-state index in [1.165, 1.54) is 18.2 Å². The van der Waals surface area contributed by atoms with Crippen molar-refractivity contribution in [3.05, 3.63) is 29.8 Å². The Hall–Kier alpha value is -1.72. The summed E-state index contributed by atoms with van der Waals surface area (Å²) in [4.78, 5) is 11.1. The molecular weight excluding hydrogens is 245 g/mol. The van der Waals surface area contributed by atoms with Crippen LogP contribution < -0.4 is 10.6 Å². The van der Waals surface area contributed by atoms with Crippen LogP contribution in [0, 0.1) is 0 Å². The monoisotopic (exact) mass is 260 g/mol. The number of nitrogens with one attached hydrogen (secondary N) is 2. The van der Waals surface area contributed by atoms with Crippen molar-refractivity contribution in [1.82, 2.24) is 5.32 Å². The molecule has 0 saturated heterocycles. The fourth-order valence-corrected chi connectivity index (χ4v) is 1.48. The molecule has 1 aromatic carbocycles. The minimum Gasteiger partial charge on any atom is -0.384 e. The summed E-state index contributed by atoms with van der Waals surface area (Å²) < 4.78 is 37.9. The summed E-state index contributed by atoms with van der Waals surface area (Å²) in [5.74, 6) is -0.186. The smallest absolute Gasteiger partial charge is 0.384 e. The lowest BCUT2D eigenvalue weighted by Crippen LogP contribution is -2.25. The van der Waals surface area contributed by atoms with Crippen molar-refractivity contribution in [2.24, 2.45) is 0 Å². The molecule has 0 atom stereocenters. The van der Waals surface area contributed by atoms with E-state index in [1.807, 2.05) is 0 Å². The van der Waals surface area contributed by atoms with Gasteiger partial charge in [0.2, 0.25) is 5.91 Å². The number of para-hydroxylation sites is 1. The number of carbonyl (C=O) groups excluding carboxylic acids is 1. The standard InChI is InChI=1S/C12H15F3N2O/c1-2-16-11(18)7-8-17-10-6-4-3-5-9(10)12(13,14)15/h3-6,17H,2,7-8H2,1H3,(H,16,18). The predicted octanol–water partition coefficient (Wildman–Crippen LogP) is 2.64. The van der Waals surface area contributed by atoms with Gasteiger partial charge in [-0.2, -0.15) is 13.2 Å². The van der Waals surface area contributed by atoms with Gasteiger partial charge >= 0.3 is 6.18 Å². The highest BCUT2D eigenvalue weighted by Crippen LogP contribution is 2.34. The van der Waals surface area contributed by atoms with Crippen LogP contribution in [0.2, 0.25) is 0 Å². The molecule has 0 fully saturated rings. The van der Waals surface area contributed by atoms with Gasteiger partial charge in [0.1, 0.15) is 0 Å². The maximum Gasteiger partial charge on any atom is 0.418 e. The van der Waals surface area contributed by atoms with Crippen LogP contribution in [-0.4, -0.2) is 19.0 Å². The highest BCUT2D eigenvalue weighted by molar-refractivity contribution is 5.76. The highest BCUT2D eigenvalue weighted by Gasteiger charge is 2.32. The van der Waals surface area contributed by atoms with E-state index in [1.54, 1.807) is 6.92 Å². The average molecular weight is 260 g/mol. The fraction of sp³-hybridized carbons (Fsp3) is 0.417. The summed E-state index contributed by atoms with van der Waals surface area (Å²) >= 11 is 0. The molecule has 1 rings (SSSR count). The first kappa shape index (κ1) is 14.3. The number of anilines is 1. The van der Waals surface area contributed by atoms with Crippen LogP contribution in [0.15, 0.2) is 24.3 Å². The first-order valence-electron chi connectivity index (χ1n) is 5.62. The topological polar surface area (TPSA) is 41.1 Å². The molecule has 0 bridgehead atoms. The number of benzene rings is 1. The number of amides is 1. The van der Waals surface area contributed by atoms with Gasteiger partial charge in [0.05, 0.1) is 5.56 Å². The van der Waals surface area contributed by atoms with E-state index >= 15 is 0 Å². The maximum atomic E-state index is 12.6. The van der Waals surface area contributed by atoms with Crippen LogP contribution in [0.1, 0.15) is 18.9 Å². The minimum absolute atomic E-state index is 0.00528. The Bertz CT molecular complexity index is 405. The summed E-state index contributed by atoms with van der Waals surface area (Å²) in [6, 6.07) is 5.20. The summed E-state index contributed by atoms with van der Waals surface area (Å²) in [5.41, 5.74) is -0.727. The SMILES string of the molecule is CCNC(=O)CCNc1ccccc1C(F)(F)F. The Kier molecular flexibility index (Phi) is 5.00. The molecule has 6 heteroatoms. The molecule has 0 spiro atoms. The van der Waals surface area contributed by atoms with Crippen molar-refractivity contribution < 1.29 is 18.0 Å². The molecule has 0 aliphatic heterocycles. The number of alkyl halides is 3. The van der Waals surface area contributed by atoms with Crippen molar-refractivity contribution in [3.63, 3.8) is 0 Å². The molecule has 0 saturated carbocycles. The highest BCUT2D eigenvalue weighted by atomic mass is 19.4. The number of rotatable bonds is 5. The van der Waals surface area contributed by atoms with Gasteiger partial charge in [-0.25, -0.2) is 0 Å². The first-order chi connectivity index (χ1) is 8.45. The summed E-state index contributed by atoms with van der Waals surface area (Å²) in [7, 11) is 0. The largest absolute Gasteiger partial charge is 0.418 e. The summed E-state index contributed by atoms with van der Waals surface area (Å²) in [6.45, 7) is 2.46. The van der Waals surface area contributed by atoms with Crippen molar-refractivity contribution in [1.29, 1.82) is 0 Å². The fourth-order valence-electron chi connectivity index (χ4n) is 1.48. The molecule has 0 heterocycles. The van der Waals surface area contributed by atoms with Crippen molar-refractivity contribution in [2.45, 2.75) is 19.5 Å². The first-order valence-corrected chi connectivity index (χ1v) is 5.62. The van der Waals surface area contributed by atoms with Gasteiger partial charge in [-0.15, -0.1) is 0 Å². The number of hydrogen-bond acceptors (Lipinski definition) is 2. The van der Waals surface area contributed by atoms with Crippen LogP contribution >= 0.6 is 0 Å². The molecule has 3 nitrogen and oxygen atoms in total. The van der Waals surface area contributed by atoms with Gasteiger partial charge in [-0.3, -0.25) is 4.79 Å². The second-order valence-corrected chi connectivity index (χ2v) is 3.67. The van der Waals surface area contributed by atoms with Gasteiger partial charge in [-0.1, -0.05) is 12.1 Å². The Morgan fingerprint density at radius 2 is 1.94 bits per heavy atom. The molecule has 2 N–H and O–H groups in total. The Morgan fingerprint density at radius 1 is 1.28 bits per heavy atom. The molecule has 0 radical (unpaired) electrons. The summed E-state index contributed by atoms with van der Waals surface area (Å²) in [6.07, 6.45) is -4.25. The van der Waals surface area contributed by atoms with Crippen LogP contribution in [0.25, 0.3) is 0 Å². The van der Waals surface area contributed by atoms with Crippen LogP contribution in [0.5, 0.6) is 0 Å². The molecule has 18 heavy (non-hydrogen) atoms. The van der Waals surface area contributed by atoms with Crippen LogP contribution in [-0.2, 0) is 11.0 Å². The van der Waals surface area contributed by atoms with Crippen LogP contribution in [0.4, 0.5) is 18.9 Å². The molecule has 100 valence electrons. The molecule has 0 aromatic heterocycles. The van der Waals surface area contributed by atoms with Crippen molar-refractivity contribution in [2.75, 3.05) is 18.4 Å². The zero-order valence-electron chi connectivity index (χ0n) is 9.97. The third-order valence-corrected chi connectivity index (χ3v) is 2.27. The quantitative estimate of drug-likeness (QED) is 0.854. The van der Waals surface area contributed by atoms with E-state index < -0.39 is 11.7 Å². The predicted molar refractivity (Wildman–Crippen MR) is 63.2 cm³/mol. The van der Waals surface area contributed by atoms with E-state index in [-0.39, 0.29) is 24.6 Å². The summed E-state index contributed by atoms with van der Waals surface area (Å²) in [5, 5.41) is 5.20. The third-order valence-electron chi connectivity index (χ3n) is 2.27. The Balaban J connectivity index is 2.60. The molecule has 0 aliphatic rings. The second kappa shape index (κ2) is 6.28. The Labute approximate surface area is 103 Å². The number of carbonyl (C=O) groups is 1. The minimum atomic E-state index is -4.39. The van der Waals surface area contributed by atoms with Gasteiger partial charge < -0.3 is 10.6 Å². The third kappa shape index (κ3) is 4.27. The van der Waals surface area contributed by atoms with Crippen molar-refractivity contribution in [3.8, 4) is 0 Å². The lowest BCUT2D eigenvalue weighted by molar-refractivity contribution is -0.137. The van der Waals surface area contributed by atoms with Gasteiger partial charge in [0.25, 0.3) is 0 Å². The molecule has 0 aliphatic carbocycles. The van der Waals surface area contributed by atoms with Gasteiger partial charge in [0.15, 0.2) is 0 Å². The van der Waals surface area contributed by atoms with Gasteiger partial charge in [-0.05, 0) is 19.1 Å². The molecule has 1 aromatic rings. The zero-order valence-corrected chi connectivity index (χ0v) is 9.97. The molecule has 0 unspecified atom stereocenters. The van der Waals surface area contributed by atoms with E-state index in [2.05, 4.69) is 10.6 Å².